The molecule has 176 valence electrons. The van der Waals surface area contributed by atoms with Gasteiger partial charge in [-0.1, -0.05) is 19.7 Å². The van der Waals surface area contributed by atoms with E-state index in [4.69, 9.17) is 0 Å². The van der Waals surface area contributed by atoms with Crippen molar-refractivity contribution in [1.29, 1.82) is 0 Å². The number of rotatable bonds is 9. The molecule has 0 radical (unpaired) electrons. The molecular formula is C23H28F3N7. The smallest absolute Gasteiger partial charge is 0.378 e. The van der Waals surface area contributed by atoms with Gasteiger partial charge in [0.15, 0.2) is 0 Å². The van der Waals surface area contributed by atoms with E-state index in [1.807, 2.05) is 6.92 Å². The molecule has 2 fully saturated rings. The number of aliphatic imine (C=N–C) groups is 2. The molecule has 33 heavy (non-hydrogen) atoms. The molecule has 10 heteroatoms. The molecule has 3 aliphatic rings. The molecule has 1 saturated carbocycles. The monoisotopic (exact) mass is 459 g/mol. The first-order valence-corrected chi connectivity index (χ1v) is 10.9. The predicted octanol–water partition coefficient (Wildman–Crippen LogP) is 3.74. The number of allylic oxidation sites excluding steroid dienone is 1. The number of pyridine rings is 1. The Labute approximate surface area is 191 Å². The molecule has 0 aromatic carbocycles. The van der Waals surface area contributed by atoms with Crippen LogP contribution in [0.15, 0.2) is 65.3 Å². The second-order valence-electron chi connectivity index (χ2n) is 8.51. The second-order valence-corrected chi connectivity index (χ2v) is 8.51. The largest absolute Gasteiger partial charge is 0.410 e. The van der Waals surface area contributed by atoms with Crippen molar-refractivity contribution in [3.63, 3.8) is 0 Å². The SMILES string of the molecule is C=C(CNC(=C)C1=NCN=C1C1CC1)Nc1cc(C(C)N2CC(C(F)(F)F)NC2=C)ccn1. The fourth-order valence-corrected chi connectivity index (χ4v) is 3.96. The van der Waals surface area contributed by atoms with Gasteiger partial charge in [-0.3, -0.25) is 9.98 Å². The van der Waals surface area contributed by atoms with Gasteiger partial charge >= 0.3 is 6.18 Å². The standard InChI is InChI=1S/C23H28F3N7/c1-13(10-28-14(2)21-22(17-5-6-17)30-12-29-21)31-20-9-18(7-8-27-20)15(3)33-11-19(23(24,25)26)32-16(33)4/h7-9,15,17,19,28,32H,1-2,4-6,10-12H2,3H3,(H,27,31). The number of aromatic nitrogens is 1. The van der Waals surface area contributed by atoms with Gasteiger partial charge in [0.05, 0.1) is 29.8 Å². The summed E-state index contributed by atoms with van der Waals surface area (Å²) >= 11 is 0. The van der Waals surface area contributed by atoms with Crippen molar-refractivity contribution in [2.45, 2.75) is 38.0 Å². The summed E-state index contributed by atoms with van der Waals surface area (Å²) in [4.78, 5) is 14.8. The van der Waals surface area contributed by atoms with Gasteiger partial charge in [0.1, 0.15) is 24.2 Å². The molecule has 1 aromatic rings. The summed E-state index contributed by atoms with van der Waals surface area (Å²) in [6.45, 7) is 14.4. The zero-order valence-corrected chi connectivity index (χ0v) is 18.5. The van der Waals surface area contributed by atoms with Crippen LogP contribution in [0.1, 0.15) is 31.4 Å². The summed E-state index contributed by atoms with van der Waals surface area (Å²) < 4.78 is 39.3. The molecule has 1 saturated heterocycles. The van der Waals surface area contributed by atoms with E-state index < -0.39 is 12.2 Å². The molecule has 0 bridgehead atoms. The van der Waals surface area contributed by atoms with Gasteiger partial charge in [-0.15, -0.1) is 0 Å². The average Bonchev–Trinajstić information content (AvgIpc) is 3.34. The van der Waals surface area contributed by atoms with Gasteiger partial charge in [-0.2, -0.15) is 13.2 Å². The van der Waals surface area contributed by atoms with Crippen molar-refractivity contribution >= 4 is 17.2 Å². The Morgan fingerprint density at radius 1 is 1.30 bits per heavy atom. The molecule has 2 atom stereocenters. The van der Waals surface area contributed by atoms with Crippen LogP contribution in [0.3, 0.4) is 0 Å². The number of nitrogens with one attached hydrogen (secondary N) is 3. The van der Waals surface area contributed by atoms with E-state index in [0.717, 1.165) is 35.5 Å². The third-order valence-electron chi connectivity index (χ3n) is 5.98. The molecule has 0 spiro atoms. The minimum Gasteiger partial charge on any atom is -0.378 e. The maximum Gasteiger partial charge on any atom is 0.410 e. The first kappa shape index (κ1) is 22.9. The van der Waals surface area contributed by atoms with Gasteiger partial charge in [0.25, 0.3) is 0 Å². The molecule has 3 N–H and O–H groups in total. The molecule has 1 aromatic heterocycles. The number of hydrogen-bond donors (Lipinski definition) is 3. The number of halogens is 3. The third-order valence-corrected chi connectivity index (χ3v) is 5.98. The number of nitrogens with zero attached hydrogens (tertiary/aromatic N) is 4. The lowest BCUT2D eigenvalue weighted by atomic mass is 10.1. The number of hydrogen-bond acceptors (Lipinski definition) is 7. The van der Waals surface area contributed by atoms with Crippen LogP contribution in [0.5, 0.6) is 0 Å². The Balaban J connectivity index is 1.32. The topological polar surface area (TPSA) is 76.9 Å². The predicted molar refractivity (Wildman–Crippen MR) is 124 cm³/mol. The summed E-state index contributed by atoms with van der Waals surface area (Å²) in [6, 6.07) is 1.65. The van der Waals surface area contributed by atoms with Crippen LogP contribution in [-0.4, -0.2) is 53.3 Å². The van der Waals surface area contributed by atoms with Crippen molar-refractivity contribution in [2.75, 3.05) is 25.1 Å². The first-order valence-electron chi connectivity index (χ1n) is 10.9. The molecule has 3 heterocycles. The fourth-order valence-electron chi connectivity index (χ4n) is 3.96. The molecule has 2 aliphatic heterocycles. The van der Waals surface area contributed by atoms with Crippen molar-refractivity contribution in [1.82, 2.24) is 20.5 Å². The van der Waals surface area contributed by atoms with Crippen LogP contribution in [0.2, 0.25) is 0 Å². The minimum atomic E-state index is -4.33. The zero-order valence-electron chi connectivity index (χ0n) is 18.5. The molecule has 7 nitrogen and oxygen atoms in total. The van der Waals surface area contributed by atoms with Gasteiger partial charge in [0, 0.05) is 24.4 Å². The first-order chi connectivity index (χ1) is 15.6. The van der Waals surface area contributed by atoms with Crippen molar-refractivity contribution in [3.8, 4) is 0 Å². The maximum atomic E-state index is 13.1. The van der Waals surface area contributed by atoms with E-state index in [9.17, 15) is 13.2 Å². The van der Waals surface area contributed by atoms with E-state index in [0.29, 0.717) is 30.6 Å². The fraction of sp³-hybridized carbons (Fsp3) is 0.435. The summed E-state index contributed by atoms with van der Waals surface area (Å²) in [5.74, 6) is 1.32. The van der Waals surface area contributed by atoms with Gasteiger partial charge in [-0.25, -0.2) is 4.98 Å². The Morgan fingerprint density at radius 2 is 2.06 bits per heavy atom. The van der Waals surface area contributed by atoms with Crippen LogP contribution in [0.4, 0.5) is 19.0 Å². The van der Waals surface area contributed by atoms with E-state index in [2.05, 4.69) is 50.7 Å². The third kappa shape index (κ3) is 5.20. The Kier molecular flexibility index (Phi) is 6.18. The van der Waals surface area contributed by atoms with E-state index in [1.165, 1.54) is 0 Å². The molecule has 0 amide bonds. The van der Waals surface area contributed by atoms with Crippen LogP contribution in [0.25, 0.3) is 0 Å². The second kappa shape index (κ2) is 8.92. The number of alkyl halides is 3. The minimum absolute atomic E-state index is 0.191. The van der Waals surface area contributed by atoms with E-state index >= 15 is 0 Å². The quantitative estimate of drug-likeness (QED) is 0.525. The van der Waals surface area contributed by atoms with Crippen LogP contribution < -0.4 is 16.0 Å². The van der Waals surface area contributed by atoms with Crippen molar-refractivity contribution in [2.24, 2.45) is 15.9 Å². The lowest BCUT2D eigenvalue weighted by Gasteiger charge is -2.27. The molecule has 2 unspecified atom stereocenters. The van der Waals surface area contributed by atoms with E-state index in [1.54, 1.807) is 23.2 Å². The van der Waals surface area contributed by atoms with Gasteiger partial charge in [0.2, 0.25) is 0 Å². The maximum absolute atomic E-state index is 13.1. The molecular weight excluding hydrogens is 431 g/mol. The highest BCUT2D eigenvalue weighted by molar-refractivity contribution is 6.50. The summed E-state index contributed by atoms with van der Waals surface area (Å²) in [5, 5.41) is 8.81. The zero-order chi connectivity index (χ0) is 23.8. The average molecular weight is 460 g/mol. The van der Waals surface area contributed by atoms with Crippen molar-refractivity contribution in [3.05, 3.63) is 60.8 Å². The number of anilines is 1. The normalized spacial score (nSPS) is 21.3. The Morgan fingerprint density at radius 3 is 2.73 bits per heavy atom. The van der Waals surface area contributed by atoms with E-state index in [-0.39, 0.29) is 18.4 Å². The van der Waals surface area contributed by atoms with Crippen LogP contribution in [0, 0.1) is 5.92 Å². The lowest BCUT2D eigenvalue weighted by Crippen LogP contribution is -2.39. The summed E-state index contributed by atoms with van der Waals surface area (Å²) in [7, 11) is 0. The van der Waals surface area contributed by atoms with Gasteiger partial charge < -0.3 is 20.9 Å². The summed E-state index contributed by atoms with van der Waals surface area (Å²) in [6.07, 6.45) is -0.408. The lowest BCUT2D eigenvalue weighted by molar-refractivity contribution is -0.150. The molecule has 4 rings (SSSR count). The molecule has 1 aliphatic carbocycles. The highest BCUT2D eigenvalue weighted by Gasteiger charge is 2.45. The Bertz CT molecular complexity index is 1020. The van der Waals surface area contributed by atoms with Crippen LogP contribution in [-0.2, 0) is 0 Å². The van der Waals surface area contributed by atoms with Crippen LogP contribution >= 0.6 is 0 Å². The Hall–Kier alpha value is -3.30. The van der Waals surface area contributed by atoms with Gasteiger partial charge in [-0.05, 0) is 37.5 Å². The highest BCUT2D eigenvalue weighted by Crippen LogP contribution is 2.34. The van der Waals surface area contributed by atoms with Crippen molar-refractivity contribution < 1.29 is 13.2 Å². The highest BCUT2D eigenvalue weighted by atomic mass is 19.4. The summed E-state index contributed by atoms with van der Waals surface area (Å²) in [5.41, 5.74) is 4.09.